The average molecular weight is 265 g/mol. The highest BCUT2D eigenvalue weighted by molar-refractivity contribution is 6.00. The topological polar surface area (TPSA) is 66.4 Å². The summed E-state index contributed by atoms with van der Waals surface area (Å²) < 4.78 is 13.0. The number of carbonyl (C=O) groups excluding carboxylic acids is 1. The number of carboxylic acids is 1. The number of amides is 1. The lowest BCUT2D eigenvalue weighted by atomic mass is 10.0. The molecule has 1 saturated carbocycles. The number of carbonyl (C=O) groups is 2. The maximum absolute atomic E-state index is 13.0. The summed E-state index contributed by atoms with van der Waals surface area (Å²) in [5.41, 5.74) is -0.0725. The number of aromatic carboxylic acids is 1. The number of hydrogen-bond acceptors (Lipinski definition) is 2. The van der Waals surface area contributed by atoms with Crippen molar-refractivity contribution in [1.29, 1.82) is 0 Å². The minimum absolute atomic E-state index is 0.150. The third kappa shape index (κ3) is 3.53. The maximum Gasteiger partial charge on any atom is 0.337 e. The molecule has 5 heteroatoms. The standard InChI is InChI=1S/C14H16FNO3/c15-10-5-6-12(11(8-10)14(18)19)16-13(17)7-9-3-1-2-4-9/h5-6,8-9H,1-4,7H2,(H,16,17)(H,18,19). The molecule has 1 fully saturated rings. The van der Waals surface area contributed by atoms with Crippen LogP contribution in [0.25, 0.3) is 0 Å². The molecule has 0 radical (unpaired) electrons. The van der Waals surface area contributed by atoms with E-state index in [2.05, 4.69) is 5.32 Å². The monoisotopic (exact) mass is 265 g/mol. The summed E-state index contributed by atoms with van der Waals surface area (Å²) in [6.07, 6.45) is 4.78. The first-order valence-corrected chi connectivity index (χ1v) is 6.39. The number of anilines is 1. The van der Waals surface area contributed by atoms with Gasteiger partial charge in [-0.05, 0) is 37.0 Å². The number of rotatable bonds is 4. The van der Waals surface area contributed by atoms with E-state index in [1.807, 2.05) is 0 Å². The molecule has 0 spiro atoms. The number of nitrogens with one attached hydrogen (secondary N) is 1. The second kappa shape index (κ2) is 5.82. The van der Waals surface area contributed by atoms with Crippen molar-refractivity contribution < 1.29 is 19.1 Å². The first kappa shape index (κ1) is 13.5. The molecule has 0 aromatic heterocycles. The molecule has 2 rings (SSSR count). The van der Waals surface area contributed by atoms with Crippen molar-refractivity contribution in [3.63, 3.8) is 0 Å². The van der Waals surface area contributed by atoms with Crippen LogP contribution in [0.5, 0.6) is 0 Å². The molecular formula is C14H16FNO3. The van der Waals surface area contributed by atoms with Crippen molar-refractivity contribution in [3.05, 3.63) is 29.6 Å². The van der Waals surface area contributed by atoms with Crippen LogP contribution in [-0.2, 0) is 4.79 Å². The molecule has 0 aliphatic heterocycles. The Hall–Kier alpha value is -1.91. The SMILES string of the molecule is O=C(CC1CCCC1)Nc1ccc(F)cc1C(=O)O. The Kier molecular flexibility index (Phi) is 4.14. The van der Waals surface area contributed by atoms with E-state index in [0.29, 0.717) is 12.3 Å². The van der Waals surface area contributed by atoms with Crippen molar-refractivity contribution in [2.24, 2.45) is 5.92 Å². The van der Waals surface area contributed by atoms with Gasteiger partial charge in [-0.2, -0.15) is 0 Å². The minimum Gasteiger partial charge on any atom is -0.478 e. The van der Waals surface area contributed by atoms with Crippen molar-refractivity contribution in [2.75, 3.05) is 5.32 Å². The van der Waals surface area contributed by atoms with Crippen molar-refractivity contribution in [1.82, 2.24) is 0 Å². The maximum atomic E-state index is 13.0. The van der Waals surface area contributed by atoms with Gasteiger partial charge in [0.05, 0.1) is 11.3 Å². The van der Waals surface area contributed by atoms with E-state index in [-0.39, 0.29) is 17.2 Å². The predicted octanol–water partition coefficient (Wildman–Crippen LogP) is 3.04. The smallest absolute Gasteiger partial charge is 0.337 e. The fourth-order valence-corrected chi connectivity index (χ4v) is 2.48. The van der Waals surface area contributed by atoms with Crippen LogP contribution in [0.1, 0.15) is 42.5 Å². The molecular weight excluding hydrogens is 249 g/mol. The second-order valence-corrected chi connectivity index (χ2v) is 4.90. The highest BCUT2D eigenvalue weighted by Crippen LogP contribution is 2.28. The molecule has 1 amide bonds. The number of carboxylic acid groups (broad SMARTS) is 1. The minimum atomic E-state index is -1.25. The van der Waals surface area contributed by atoms with E-state index in [4.69, 9.17) is 5.11 Å². The average Bonchev–Trinajstić information content (AvgIpc) is 2.83. The fourth-order valence-electron chi connectivity index (χ4n) is 2.48. The molecule has 0 heterocycles. The molecule has 1 aliphatic rings. The molecule has 0 bridgehead atoms. The van der Waals surface area contributed by atoms with Crippen LogP contribution in [0.4, 0.5) is 10.1 Å². The zero-order valence-corrected chi connectivity index (χ0v) is 10.5. The Labute approximate surface area is 110 Å². The van der Waals surface area contributed by atoms with Crippen LogP contribution in [0.2, 0.25) is 0 Å². The van der Waals surface area contributed by atoms with Gasteiger partial charge in [0.15, 0.2) is 0 Å². The van der Waals surface area contributed by atoms with Crippen LogP contribution in [-0.4, -0.2) is 17.0 Å². The lowest BCUT2D eigenvalue weighted by Gasteiger charge is -2.11. The summed E-state index contributed by atoms with van der Waals surface area (Å²) in [5.74, 6) is -1.71. The molecule has 0 unspecified atom stereocenters. The third-order valence-corrected chi connectivity index (χ3v) is 3.43. The number of hydrogen-bond donors (Lipinski definition) is 2. The van der Waals surface area contributed by atoms with E-state index in [9.17, 15) is 14.0 Å². The zero-order chi connectivity index (χ0) is 13.8. The van der Waals surface area contributed by atoms with E-state index in [1.54, 1.807) is 0 Å². The van der Waals surface area contributed by atoms with E-state index < -0.39 is 11.8 Å². The normalized spacial score (nSPS) is 15.4. The lowest BCUT2D eigenvalue weighted by Crippen LogP contribution is -2.17. The summed E-state index contributed by atoms with van der Waals surface area (Å²) in [4.78, 5) is 22.8. The zero-order valence-electron chi connectivity index (χ0n) is 10.5. The second-order valence-electron chi connectivity index (χ2n) is 4.90. The molecule has 0 saturated heterocycles. The van der Waals surface area contributed by atoms with Gasteiger partial charge in [-0.25, -0.2) is 9.18 Å². The molecule has 4 nitrogen and oxygen atoms in total. The number of benzene rings is 1. The van der Waals surface area contributed by atoms with Crippen LogP contribution in [0, 0.1) is 11.7 Å². The van der Waals surface area contributed by atoms with E-state index >= 15 is 0 Å². The first-order chi connectivity index (χ1) is 9.06. The molecule has 2 N–H and O–H groups in total. The Morgan fingerprint density at radius 2 is 2.00 bits per heavy atom. The third-order valence-electron chi connectivity index (χ3n) is 3.43. The van der Waals surface area contributed by atoms with Gasteiger partial charge >= 0.3 is 5.97 Å². The Balaban J connectivity index is 2.05. The highest BCUT2D eigenvalue weighted by Gasteiger charge is 2.20. The van der Waals surface area contributed by atoms with Gasteiger partial charge in [0.25, 0.3) is 0 Å². The lowest BCUT2D eigenvalue weighted by molar-refractivity contribution is -0.117. The van der Waals surface area contributed by atoms with Crippen molar-refractivity contribution in [2.45, 2.75) is 32.1 Å². The van der Waals surface area contributed by atoms with E-state index in [1.165, 1.54) is 6.07 Å². The summed E-state index contributed by atoms with van der Waals surface area (Å²) in [6.45, 7) is 0. The quantitative estimate of drug-likeness (QED) is 0.879. The van der Waals surface area contributed by atoms with Gasteiger partial charge in [0.1, 0.15) is 5.82 Å². The predicted molar refractivity (Wildman–Crippen MR) is 68.6 cm³/mol. The first-order valence-electron chi connectivity index (χ1n) is 6.39. The fraction of sp³-hybridized carbons (Fsp3) is 0.429. The van der Waals surface area contributed by atoms with E-state index in [0.717, 1.165) is 37.8 Å². The van der Waals surface area contributed by atoms with Gasteiger partial charge < -0.3 is 10.4 Å². The highest BCUT2D eigenvalue weighted by atomic mass is 19.1. The summed E-state index contributed by atoms with van der Waals surface area (Å²) in [7, 11) is 0. The Morgan fingerprint density at radius 3 is 2.63 bits per heavy atom. The largest absolute Gasteiger partial charge is 0.478 e. The van der Waals surface area contributed by atoms with Gasteiger partial charge in [-0.15, -0.1) is 0 Å². The van der Waals surface area contributed by atoms with Crippen LogP contribution in [0.15, 0.2) is 18.2 Å². The van der Waals surface area contributed by atoms with Crippen LogP contribution in [0.3, 0.4) is 0 Å². The van der Waals surface area contributed by atoms with Gasteiger partial charge in [-0.3, -0.25) is 4.79 Å². The van der Waals surface area contributed by atoms with Crippen LogP contribution >= 0.6 is 0 Å². The molecule has 1 aromatic rings. The summed E-state index contributed by atoms with van der Waals surface area (Å²) >= 11 is 0. The molecule has 1 aliphatic carbocycles. The molecule has 1 aromatic carbocycles. The number of halogens is 1. The summed E-state index contributed by atoms with van der Waals surface area (Å²) in [5, 5.41) is 11.5. The van der Waals surface area contributed by atoms with Crippen molar-refractivity contribution >= 4 is 17.6 Å². The molecule has 0 atom stereocenters. The van der Waals surface area contributed by atoms with Gasteiger partial charge in [0, 0.05) is 6.42 Å². The molecule has 19 heavy (non-hydrogen) atoms. The molecule has 102 valence electrons. The van der Waals surface area contributed by atoms with Crippen molar-refractivity contribution in [3.8, 4) is 0 Å². The van der Waals surface area contributed by atoms with Gasteiger partial charge in [0.2, 0.25) is 5.91 Å². The van der Waals surface area contributed by atoms with Crippen LogP contribution < -0.4 is 5.32 Å². The Morgan fingerprint density at radius 1 is 1.32 bits per heavy atom. The van der Waals surface area contributed by atoms with Gasteiger partial charge in [-0.1, -0.05) is 12.8 Å². The summed E-state index contributed by atoms with van der Waals surface area (Å²) in [6, 6.07) is 3.33. The Bertz CT molecular complexity index is 495.